The van der Waals surface area contributed by atoms with E-state index in [0.717, 1.165) is 39.0 Å². The first-order chi connectivity index (χ1) is 18.8. The van der Waals surface area contributed by atoms with E-state index in [1.165, 1.54) is 31.1 Å². The number of hydrogen-bond acceptors (Lipinski definition) is 8. The summed E-state index contributed by atoms with van der Waals surface area (Å²) in [5, 5.41) is 13.4. The number of carbonyl (C=O) groups excluding carboxylic acids is 3. The first kappa shape index (κ1) is 61.6. The van der Waals surface area contributed by atoms with Crippen molar-refractivity contribution < 1.29 is 46.1 Å². The molecule has 46 heavy (non-hydrogen) atoms. The fraction of sp³-hybridized carbons (Fsp3) is 0.875. The number of ketones is 1. The first-order valence-corrected chi connectivity index (χ1v) is 15.2. The largest absolute Gasteiger partial charge is 2.00 e. The van der Waals surface area contributed by atoms with Crippen molar-refractivity contribution in [2.75, 3.05) is 26.3 Å². The summed E-state index contributed by atoms with van der Waals surface area (Å²) in [7, 11) is 0. The summed E-state index contributed by atoms with van der Waals surface area (Å²) in [6, 6.07) is 0.0300. The molecule has 0 spiro atoms. The quantitative estimate of drug-likeness (QED) is 0.257. The van der Waals surface area contributed by atoms with Gasteiger partial charge >= 0.3 is 29.1 Å². The average Bonchev–Trinajstić information content (AvgIpc) is 3.63. The van der Waals surface area contributed by atoms with Crippen LogP contribution in [-0.4, -0.2) is 107 Å². The maximum Gasteiger partial charge on any atom is 2.00 e. The van der Waals surface area contributed by atoms with Gasteiger partial charge in [0, 0.05) is 25.8 Å². The van der Waals surface area contributed by atoms with Crippen molar-refractivity contribution >= 4 is 81.9 Å². The minimum absolute atomic E-state index is 0. The van der Waals surface area contributed by atoms with Crippen LogP contribution in [0.5, 0.6) is 0 Å². The van der Waals surface area contributed by atoms with Crippen molar-refractivity contribution in [3.05, 3.63) is 6.42 Å². The third-order valence-electron chi connectivity index (χ3n) is 6.51. The summed E-state index contributed by atoms with van der Waals surface area (Å²) >= 11 is 0. The van der Waals surface area contributed by atoms with Crippen molar-refractivity contribution in [3.63, 3.8) is 0 Å². The molecule has 1 amide bonds. The Morgan fingerprint density at radius 2 is 1.41 bits per heavy atom. The summed E-state index contributed by atoms with van der Waals surface area (Å²) in [6.07, 6.45) is 8.14. The van der Waals surface area contributed by atoms with Gasteiger partial charge in [0.2, 0.25) is 0 Å². The monoisotopic (exact) mass is 748 g/mol. The van der Waals surface area contributed by atoms with Gasteiger partial charge in [-0.1, -0.05) is 13.8 Å². The summed E-state index contributed by atoms with van der Waals surface area (Å²) in [6.45, 7) is 26.7. The minimum atomic E-state index is -0.531. The van der Waals surface area contributed by atoms with Crippen LogP contribution in [0.3, 0.4) is 0 Å². The molecule has 2 N–H and O–H groups in total. The molecule has 0 aliphatic carbocycles. The van der Waals surface area contributed by atoms with Gasteiger partial charge in [0.25, 0.3) is 6.47 Å². The Bertz CT molecular complexity index is 724. The van der Waals surface area contributed by atoms with Crippen LogP contribution in [0.4, 0.5) is 4.79 Å². The number of ether oxygens (including phenoxy) is 3. The topological polar surface area (TPSA) is 114 Å². The Morgan fingerprint density at radius 1 is 0.935 bits per heavy atom. The molecule has 0 saturated carbocycles. The van der Waals surface area contributed by atoms with Crippen LogP contribution in [0.2, 0.25) is 0 Å². The summed E-state index contributed by atoms with van der Waals surface area (Å²) < 4.78 is 14.7. The number of carbonyl (C=O) groups is 3. The van der Waals surface area contributed by atoms with E-state index in [0.29, 0.717) is 25.0 Å². The first-order valence-electron chi connectivity index (χ1n) is 15.2. The molecule has 3 fully saturated rings. The summed E-state index contributed by atoms with van der Waals surface area (Å²) in [4.78, 5) is 34.1. The number of aliphatic hydroxyl groups is 1. The average molecular weight is 750 g/mol. The van der Waals surface area contributed by atoms with E-state index in [2.05, 4.69) is 23.9 Å². The van der Waals surface area contributed by atoms with Gasteiger partial charge in [-0.3, -0.25) is 14.5 Å². The van der Waals surface area contributed by atoms with Crippen LogP contribution < -0.4 is 17.7 Å². The van der Waals surface area contributed by atoms with Crippen LogP contribution in [-0.2, 0) is 23.8 Å². The number of hydrogen-bond donors (Lipinski definition) is 2. The molecular formula is C32H69ClMgN2O7S3. The maximum atomic E-state index is 11.7. The van der Waals surface area contributed by atoms with Gasteiger partial charge in [-0.05, 0) is 106 Å². The van der Waals surface area contributed by atoms with E-state index in [1.807, 2.05) is 68.7 Å². The smallest absolute Gasteiger partial charge is 1.00 e. The van der Waals surface area contributed by atoms with Gasteiger partial charge in [0.1, 0.15) is 11.2 Å². The summed E-state index contributed by atoms with van der Waals surface area (Å²) in [5.41, 5.74) is -1.35. The van der Waals surface area contributed by atoms with Crippen LogP contribution in [0.15, 0.2) is 0 Å². The number of likely N-dealkylation sites (tertiary alicyclic amines) is 1. The van der Waals surface area contributed by atoms with Gasteiger partial charge in [-0.25, -0.2) is 4.79 Å². The van der Waals surface area contributed by atoms with E-state index < -0.39 is 11.2 Å². The van der Waals surface area contributed by atoms with Gasteiger partial charge in [0.15, 0.2) is 5.78 Å². The zero-order valence-electron chi connectivity index (χ0n) is 30.9. The van der Waals surface area contributed by atoms with E-state index in [-0.39, 0.29) is 99.5 Å². The molecule has 0 unspecified atom stereocenters. The molecular weight excluding hydrogens is 680 g/mol. The SMILES string of the molecule is C1CCOC1.CC(=O)[C@@H]1CCCN1C(=O)OC(C)(C)C.CC(C)(C)OC=O.CC(C)[C@](C)(O)[C@@H]1CCCN1.C[CH-]C.S.S.S.[Cl-].[Mg+2]. The van der Waals surface area contributed by atoms with Crippen molar-refractivity contribution in [1.82, 2.24) is 10.2 Å². The fourth-order valence-corrected chi connectivity index (χ4v) is 3.97. The van der Waals surface area contributed by atoms with Gasteiger partial charge < -0.3 is 43.5 Å². The predicted molar refractivity (Wildman–Crippen MR) is 203 cm³/mol. The molecule has 276 valence electrons. The molecule has 3 aliphatic rings. The van der Waals surface area contributed by atoms with Crippen molar-refractivity contribution in [2.24, 2.45) is 5.92 Å². The number of nitrogens with zero attached hydrogens (tertiary/aromatic N) is 1. The van der Waals surface area contributed by atoms with Crippen LogP contribution in [0.25, 0.3) is 0 Å². The fourth-order valence-electron chi connectivity index (χ4n) is 3.97. The Labute approximate surface area is 325 Å². The minimum Gasteiger partial charge on any atom is -1.00 e. The summed E-state index contributed by atoms with van der Waals surface area (Å²) in [5.74, 6) is 0.372. The second-order valence-corrected chi connectivity index (χ2v) is 13.2. The van der Waals surface area contributed by atoms with Crippen molar-refractivity contribution in [2.45, 2.75) is 150 Å². The second-order valence-electron chi connectivity index (χ2n) is 13.2. The van der Waals surface area contributed by atoms with Crippen LogP contribution in [0, 0.1) is 12.3 Å². The Morgan fingerprint density at radius 3 is 1.67 bits per heavy atom. The number of Topliss-reactive ketones (excluding diaryl/α,β-unsaturated/α-hetero) is 1. The van der Waals surface area contributed by atoms with Crippen molar-refractivity contribution in [3.8, 4) is 0 Å². The van der Waals surface area contributed by atoms with E-state index in [4.69, 9.17) is 9.47 Å². The third-order valence-corrected chi connectivity index (χ3v) is 6.51. The molecule has 0 radical (unpaired) electrons. The Kier molecular flexibility index (Phi) is 43.6. The number of nitrogens with one attached hydrogen (secondary N) is 1. The number of rotatable bonds is 4. The molecule has 3 saturated heterocycles. The Hall–Kier alpha value is 0.396. The van der Waals surface area contributed by atoms with Gasteiger partial charge in [-0.2, -0.15) is 54.3 Å². The molecule has 3 rings (SSSR count). The third kappa shape index (κ3) is 31.7. The van der Waals surface area contributed by atoms with Crippen LogP contribution in [0.1, 0.15) is 122 Å². The second kappa shape index (κ2) is 32.6. The zero-order valence-corrected chi connectivity index (χ0v) is 36.1. The number of halogens is 1. The van der Waals surface area contributed by atoms with Gasteiger partial charge in [-0.15, -0.1) is 0 Å². The molecule has 0 bridgehead atoms. The number of amides is 1. The molecule has 3 heterocycles. The van der Waals surface area contributed by atoms with Crippen molar-refractivity contribution in [1.29, 1.82) is 0 Å². The predicted octanol–water partition coefficient (Wildman–Crippen LogP) is 3.07. The molecule has 0 aromatic carbocycles. The van der Waals surface area contributed by atoms with Crippen LogP contribution >= 0.6 is 40.5 Å². The van der Waals surface area contributed by atoms with E-state index in [9.17, 15) is 19.5 Å². The molecule has 14 heteroatoms. The zero-order chi connectivity index (χ0) is 32.3. The van der Waals surface area contributed by atoms with E-state index in [1.54, 1.807) is 0 Å². The molecule has 0 aromatic rings. The maximum absolute atomic E-state index is 11.7. The molecule has 9 nitrogen and oxygen atoms in total. The van der Waals surface area contributed by atoms with E-state index >= 15 is 0 Å². The molecule has 0 aromatic heterocycles. The Balaban J connectivity index is -0.0000000874. The molecule has 3 atom stereocenters. The molecule has 3 aliphatic heterocycles. The normalized spacial score (nSPS) is 19.0. The van der Waals surface area contributed by atoms with Gasteiger partial charge in [0.05, 0.1) is 11.6 Å². The standard InChI is InChI=1S/C11H19NO3.C9H19NO.C5H10O2.C4H8O.C3H7.ClH.Mg.3H2S/c1-8(13)9-6-5-7-12(9)10(14)15-11(2,3)4;1-7(2)9(3,11)8-5-4-6-10-8;1-5(2,3)7-4-6;1-2-4-5-3-1;1-3-2;;;;;/h9H,5-7H2,1-4H3;7-8,10-11H,4-6H2,1-3H3;4H,1-3H3;1-4H2;3H,1-2H3;1H;;3*1H2/q;;;;-1;;+2;;;/p-1/t9-;8-,9-;;;;;;;;/m00......../s1.